The van der Waals surface area contributed by atoms with Gasteiger partial charge >= 0.3 is 0 Å². The lowest BCUT2D eigenvalue weighted by atomic mass is 10.4. The summed E-state index contributed by atoms with van der Waals surface area (Å²) in [7, 11) is 0. The van der Waals surface area contributed by atoms with Gasteiger partial charge in [0.25, 0.3) is 0 Å². The summed E-state index contributed by atoms with van der Waals surface area (Å²) in [6.07, 6.45) is 0. The summed E-state index contributed by atoms with van der Waals surface area (Å²) in [4.78, 5) is 10.4. The van der Waals surface area contributed by atoms with Crippen LogP contribution in [0.1, 0.15) is 6.92 Å². The average Bonchev–Trinajstić information content (AvgIpc) is 1.82. The van der Waals surface area contributed by atoms with Crippen molar-refractivity contribution in [3.63, 3.8) is 0 Å². The first-order valence-corrected chi connectivity index (χ1v) is 3.38. The van der Waals surface area contributed by atoms with E-state index in [1.54, 1.807) is 13.0 Å². The normalized spacial score (nSPS) is 11.7. The molecule has 0 fully saturated rings. The predicted octanol–water partition coefficient (Wildman–Crippen LogP) is 0.410. The molecule has 4 heteroatoms. The van der Waals surface area contributed by atoms with Gasteiger partial charge in [-0.1, -0.05) is 15.9 Å². The SMILES string of the molecule is CC(Br)C(=O)NCC#N. The Kier molecular flexibility index (Phi) is 4.06. The van der Waals surface area contributed by atoms with Crippen LogP contribution in [0.15, 0.2) is 0 Å². The quantitative estimate of drug-likeness (QED) is 0.507. The van der Waals surface area contributed by atoms with E-state index in [4.69, 9.17) is 5.26 Å². The zero-order chi connectivity index (χ0) is 7.28. The summed E-state index contributed by atoms with van der Waals surface area (Å²) in [6.45, 7) is 1.78. The van der Waals surface area contributed by atoms with E-state index in [0.717, 1.165) is 0 Å². The van der Waals surface area contributed by atoms with Crippen molar-refractivity contribution in [2.75, 3.05) is 6.54 Å². The van der Waals surface area contributed by atoms with E-state index in [2.05, 4.69) is 21.2 Å². The molecule has 0 bridgehead atoms. The summed E-state index contributed by atoms with van der Waals surface area (Å²) < 4.78 is 0. The molecular weight excluding hydrogens is 184 g/mol. The number of amides is 1. The maximum Gasteiger partial charge on any atom is 0.234 e. The van der Waals surface area contributed by atoms with Crippen LogP contribution in [-0.2, 0) is 4.79 Å². The zero-order valence-electron chi connectivity index (χ0n) is 5.02. The number of carbonyl (C=O) groups excluding carboxylic acids is 1. The van der Waals surface area contributed by atoms with Gasteiger partial charge in [-0.05, 0) is 6.92 Å². The maximum atomic E-state index is 10.6. The number of nitriles is 1. The fraction of sp³-hybridized carbons (Fsp3) is 0.600. The molecule has 0 aliphatic rings. The third-order valence-electron chi connectivity index (χ3n) is 0.703. The average molecular weight is 191 g/mol. The molecule has 0 saturated heterocycles. The van der Waals surface area contributed by atoms with Gasteiger partial charge in [0.2, 0.25) is 5.91 Å². The Morgan fingerprint density at radius 3 is 2.89 bits per heavy atom. The number of hydrogen-bond donors (Lipinski definition) is 1. The molecule has 3 nitrogen and oxygen atoms in total. The fourth-order valence-electron chi connectivity index (χ4n) is 0.267. The second-order valence-corrected chi connectivity index (χ2v) is 2.87. The second kappa shape index (κ2) is 4.33. The molecule has 9 heavy (non-hydrogen) atoms. The molecule has 0 saturated carbocycles. The maximum absolute atomic E-state index is 10.6. The van der Waals surface area contributed by atoms with Crippen molar-refractivity contribution in [1.82, 2.24) is 5.32 Å². The Morgan fingerprint density at radius 1 is 2.00 bits per heavy atom. The molecule has 0 aliphatic carbocycles. The van der Waals surface area contributed by atoms with Crippen LogP contribution >= 0.6 is 15.9 Å². The molecule has 0 aromatic rings. The third-order valence-corrected chi connectivity index (χ3v) is 1.12. The summed E-state index contributed by atoms with van der Waals surface area (Å²) in [6, 6.07) is 1.80. The van der Waals surface area contributed by atoms with Gasteiger partial charge < -0.3 is 5.32 Å². The fourth-order valence-corrected chi connectivity index (χ4v) is 0.429. The van der Waals surface area contributed by atoms with E-state index >= 15 is 0 Å². The van der Waals surface area contributed by atoms with Crippen LogP contribution in [0.4, 0.5) is 0 Å². The van der Waals surface area contributed by atoms with Crippen molar-refractivity contribution in [2.45, 2.75) is 11.8 Å². The van der Waals surface area contributed by atoms with E-state index in [-0.39, 0.29) is 17.3 Å². The number of rotatable bonds is 2. The van der Waals surface area contributed by atoms with Gasteiger partial charge in [-0.15, -0.1) is 0 Å². The minimum atomic E-state index is -0.217. The molecule has 0 spiro atoms. The summed E-state index contributed by atoms with van der Waals surface area (Å²) in [5, 5.41) is 10.4. The highest BCUT2D eigenvalue weighted by molar-refractivity contribution is 9.10. The molecule has 0 rings (SSSR count). The monoisotopic (exact) mass is 190 g/mol. The second-order valence-electron chi connectivity index (χ2n) is 1.49. The van der Waals surface area contributed by atoms with Crippen molar-refractivity contribution in [2.24, 2.45) is 0 Å². The molecule has 0 aromatic carbocycles. The van der Waals surface area contributed by atoms with Crippen molar-refractivity contribution < 1.29 is 4.79 Å². The molecule has 0 heterocycles. The lowest BCUT2D eigenvalue weighted by Gasteiger charge is -1.99. The highest BCUT2D eigenvalue weighted by atomic mass is 79.9. The first kappa shape index (κ1) is 8.44. The van der Waals surface area contributed by atoms with Crippen molar-refractivity contribution in [3.05, 3.63) is 0 Å². The molecular formula is C5H7BrN2O. The van der Waals surface area contributed by atoms with Crippen LogP contribution in [0.2, 0.25) is 0 Å². The van der Waals surface area contributed by atoms with Crippen LogP contribution in [0.5, 0.6) is 0 Å². The van der Waals surface area contributed by atoms with E-state index in [1.165, 1.54) is 0 Å². The molecule has 1 atom stereocenters. The van der Waals surface area contributed by atoms with E-state index in [0.29, 0.717) is 0 Å². The standard InChI is InChI=1S/C5H7BrN2O/c1-4(6)5(9)8-3-2-7/h4H,3H2,1H3,(H,8,9). The number of hydrogen-bond acceptors (Lipinski definition) is 2. The van der Waals surface area contributed by atoms with E-state index in [9.17, 15) is 4.79 Å². The topological polar surface area (TPSA) is 52.9 Å². The number of halogens is 1. The Bertz CT molecular complexity index is 138. The van der Waals surface area contributed by atoms with Crippen molar-refractivity contribution in [1.29, 1.82) is 5.26 Å². The minimum Gasteiger partial charge on any atom is -0.342 e. The van der Waals surface area contributed by atoms with Gasteiger partial charge in [0.15, 0.2) is 0 Å². The Balaban J connectivity index is 3.42. The highest BCUT2D eigenvalue weighted by Gasteiger charge is 2.05. The number of nitrogens with one attached hydrogen (secondary N) is 1. The van der Waals surface area contributed by atoms with E-state index in [1.807, 2.05) is 0 Å². The molecule has 1 amide bonds. The van der Waals surface area contributed by atoms with Crippen LogP contribution < -0.4 is 5.32 Å². The third kappa shape index (κ3) is 3.98. The summed E-state index contributed by atoms with van der Waals surface area (Å²) in [5.74, 6) is -0.156. The lowest BCUT2D eigenvalue weighted by Crippen LogP contribution is -2.29. The van der Waals surface area contributed by atoms with Gasteiger partial charge in [-0.25, -0.2) is 0 Å². The van der Waals surface area contributed by atoms with Gasteiger partial charge in [0.1, 0.15) is 6.54 Å². The molecule has 0 aromatic heterocycles. The van der Waals surface area contributed by atoms with Crippen LogP contribution in [-0.4, -0.2) is 17.3 Å². The molecule has 0 aliphatic heterocycles. The Morgan fingerprint density at radius 2 is 2.56 bits per heavy atom. The first-order valence-electron chi connectivity index (χ1n) is 2.47. The van der Waals surface area contributed by atoms with Gasteiger partial charge in [0.05, 0.1) is 10.9 Å². The Labute approximate surface area is 62.2 Å². The lowest BCUT2D eigenvalue weighted by molar-refractivity contribution is -0.119. The van der Waals surface area contributed by atoms with Crippen LogP contribution in [0.25, 0.3) is 0 Å². The smallest absolute Gasteiger partial charge is 0.234 e. The molecule has 1 N–H and O–H groups in total. The summed E-state index contributed by atoms with van der Waals surface area (Å²) >= 11 is 3.05. The zero-order valence-corrected chi connectivity index (χ0v) is 6.60. The minimum absolute atomic E-state index is 0.0781. The number of carbonyl (C=O) groups is 1. The van der Waals surface area contributed by atoms with E-state index < -0.39 is 0 Å². The number of alkyl halides is 1. The first-order chi connectivity index (χ1) is 4.18. The Hall–Kier alpha value is -0.560. The predicted molar refractivity (Wildman–Crippen MR) is 37.0 cm³/mol. The molecule has 0 radical (unpaired) electrons. The van der Waals surface area contributed by atoms with Crippen LogP contribution in [0.3, 0.4) is 0 Å². The number of nitrogens with zero attached hydrogens (tertiary/aromatic N) is 1. The van der Waals surface area contributed by atoms with Gasteiger partial charge in [0, 0.05) is 0 Å². The van der Waals surface area contributed by atoms with Crippen LogP contribution in [0, 0.1) is 11.3 Å². The molecule has 1 unspecified atom stereocenters. The summed E-state index contributed by atoms with van der Waals surface area (Å²) in [5.41, 5.74) is 0. The van der Waals surface area contributed by atoms with Crippen molar-refractivity contribution in [3.8, 4) is 6.07 Å². The van der Waals surface area contributed by atoms with Crippen molar-refractivity contribution >= 4 is 21.8 Å². The molecule has 50 valence electrons. The van der Waals surface area contributed by atoms with Gasteiger partial charge in [-0.2, -0.15) is 5.26 Å². The largest absolute Gasteiger partial charge is 0.342 e. The van der Waals surface area contributed by atoms with Gasteiger partial charge in [-0.3, -0.25) is 4.79 Å². The highest BCUT2D eigenvalue weighted by Crippen LogP contribution is 1.94.